The number of carboxylic acid groups (broad SMARTS) is 1. The predicted octanol–water partition coefficient (Wildman–Crippen LogP) is 2.20. The van der Waals surface area contributed by atoms with Gasteiger partial charge in [0.05, 0.1) is 0 Å². The zero-order chi connectivity index (χ0) is 15.2. The van der Waals surface area contributed by atoms with Crippen molar-refractivity contribution in [3.8, 4) is 0 Å². The van der Waals surface area contributed by atoms with Gasteiger partial charge in [-0.3, -0.25) is 4.79 Å². The topological polar surface area (TPSA) is 54.4 Å². The molecular formula is C7H4F8O3. The van der Waals surface area contributed by atoms with E-state index >= 15 is 0 Å². The predicted molar refractivity (Wildman–Crippen MR) is 38.1 cm³/mol. The molecule has 0 saturated heterocycles. The molecule has 0 unspecified atom stereocenters. The van der Waals surface area contributed by atoms with Crippen molar-refractivity contribution >= 4 is 11.8 Å². The standard InChI is InChI=1S/C7H4F8O3/c1-2(16)4(8,9)6(12,13)7(14,15)5(10,11)3(17)18/h1H3,(H,17,18). The number of carbonyl (C=O) groups is 2. The number of halogens is 8. The van der Waals surface area contributed by atoms with Crippen LogP contribution in [0.4, 0.5) is 35.1 Å². The molecule has 0 heterocycles. The lowest BCUT2D eigenvalue weighted by Crippen LogP contribution is -2.66. The number of alkyl halides is 8. The highest BCUT2D eigenvalue weighted by atomic mass is 19.4. The number of hydrogen-bond acceptors (Lipinski definition) is 2. The summed E-state index contributed by atoms with van der Waals surface area (Å²) in [6.07, 6.45) is 0. The summed E-state index contributed by atoms with van der Waals surface area (Å²) < 4.78 is 100. The van der Waals surface area contributed by atoms with Gasteiger partial charge in [0.25, 0.3) is 0 Å². The number of Topliss-reactive ketones (excluding diaryl/α,β-unsaturated/α-hetero) is 1. The highest BCUT2D eigenvalue weighted by Crippen LogP contribution is 2.52. The Labute approximate surface area is 93.4 Å². The molecule has 0 rings (SSSR count). The van der Waals surface area contributed by atoms with Crippen LogP contribution in [0.2, 0.25) is 0 Å². The first-order chi connectivity index (χ1) is 7.64. The monoisotopic (exact) mass is 288 g/mol. The van der Waals surface area contributed by atoms with Crippen molar-refractivity contribution in [2.24, 2.45) is 0 Å². The van der Waals surface area contributed by atoms with Crippen LogP contribution in [0, 0.1) is 0 Å². The van der Waals surface area contributed by atoms with Crippen LogP contribution < -0.4 is 0 Å². The van der Waals surface area contributed by atoms with Gasteiger partial charge in [-0.1, -0.05) is 0 Å². The lowest BCUT2D eigenvalue weighted by Gasteiger charge is -2.33. The van der Waals surface area contributed by atoms with Crippen molar-refractivity contribution < 1.29 is 49.8 Å². The molecule has 18 heavy (non-hydrogen) atoms. The summed E-state index contributed by atoms with van der Waals surface area (Å²) in [5.74, 6) is -33.0. The third kappa shape index (κ3) is 1.90. The van der Waals surface area contributed by atoms with E-state index in [1.54, 1.807) is 0 Å². The summed E-state index contributed by atoms with van der Waals surface area (Å²) in [5, 5.41) is 7.65. The molecule has 0 atom stereocenters. The molecule has 0 aromatic heterocycles. The van der Waals surface area contributed by atoms with E-state index in [4.69, 9.17) is 5.11 Å². The minimum absolute atomic E-state index is 0.233. The van der Waals surface area contributed by atoms with Gasteiger partial charge in [-0.15, -0.1) is 0 Å². The summed E-state index contributed by atoms with van der Waals surface area (Å²) in [6.45, 7) is -0.233. The van der Waals surface area contributed by atoms with E-state index in [0.29, 0.717) is 0 Å². The summed E-state index contributed by atoms with van der Waals surface area (Å²) in [5.41, 5.74) is 0. The minimum Gasteiger partial charge on any atom is -0.477 e. The molecule has 0 spiro atoms. The van der Waals surface area contributed by atoms with Crippen molar-refractivity contribution in [3.63, 3.8) is 0 Å². The highest BCUT2D eigenvalue weighted by molar-refractivity contribution is 5.85. The van der Waals surface area contributed by atoms with Gasteiger partial charge in [0.1, 0.15) is 0 Å². The van der Waals surface area contributed by atoms with Crippen LogP contribution in [0.1, 0.15) is 6.92 Å². The van der Waals surface area contributed by atoms with Gasteiger partial charge in [-0.05, 0) is 0 Å². The Kier molecular flexibility index (Phi) is 3.73. The van der Waals surface area contributed by atoms with Crippen LogP contribution in [0.5, 0.6) is 0 Å². The Bertz CT molecular complexity index is 339. The molecule has 0 radical (unpaired) electrons. The first-order valence-electron chi connectivity index (χ1n) is 3.89. The molecular weight excluding hydrogens is 284 g/mol. The lowest BCUT2D eigenvalue weighted by molar-refractivity contribution is -0.349. The van der Waals surface area contributed by atoms with Crippen LogP contribution in [-0.2, 0) is 9.59 Å². The zero-order valence-electron chi connectivity index (χ0n) is 8.29. The Hall–Kier alpha value is -1.42. The minimum atomic E-state index is -6.96. The Morgan fingerprint density at radius 2 is 1.06 bits per heavy atom. The van der Waals surface area contributed by atoms with Gasteiger partial charge in [0.2, 0.25) is 5.78 Å². The van der Waals surface area contributed by atoms with Crippen LogP contribution in [0.25, 0.3) is 0 Å². The van der Waals surface area contributed by atoms with Gasteiger partial charge in [0.15, 0.2) is 0 Å². The maximum absolute atomic E-state index is 12.6. The molecule has 0 aliphatic carbocycles. The first-order valence-corrected chi connectivity index (χ1v) is 3.89. The molecule has 3 nitrogen and oxygen atoms in total. The fourth-order valence-corrected chi connectivity index (χ4v) is 0.750. The first kappa shape index (κ1) is 16.6. The maximum Gasteiger partial charge on any atom is 0.410 e. The number of carbonyl (C=O) groups excluding carboxylic acids is 1. The van der Waals surface area contributed by atoms with Crippen molar-refractivity contribution in [3.05, 3.63) is 0 Å². The summed E-state index contributed by atoms with van der Waals surface area (Å²) in [7, 11) is 0. The average Bonchev–Trinajstić information content (AvgIpc) is 2.15. The van der Waals surface area contributed by atoms with Crippen LogP contribution >= 0.6 is 0 Å². The van der Waals surface area contributed by atoms with Gasteiger partial charge < -0.3 is 5.11 Å². The van der Waals surface area contributed by atoms with Crippen LogP contribution in [-0.4, -0.2) is 40.5 Å². The van der Waals surface area contributed by atoms with E-state index in [1.807, 2.05) is 0 Å². The van der Waals surface area contributed by atoms with E-state index in [-0.39, 0.29) is 6.92 Å². The molecule has 0 amide bonds. The van der Waals surface area contributed by atoms with Gasteiger partial charge in [-0.2, -0.15) is 35.1 Å². The molecule has 11 heteroatoms. The van der Waals surface area contributed by atoms with Crippen LogP contribution in [0.3, 0.4) is 0 Å². The third-order valence-electron chi connectivity index (χ3n) is 1.89. The normalized spacial score (nSPS) is 14.5. The van der Waals surface area contributed by atoms with E-state index < -0.39 is 35.4 Å². The molecule has 0 aliphatic heterocycles. The van der Waals surface area contributed by atoms with Crippen molar-refractivity contribution in [1.82, 2.24) is 0 Å². The SMILES string of the molecule is CC(=O)C(F)(F)C(F)(F)C(F)(F)C(F)(F)C(=O)O. The number of ketones is 1. The molecule has 0 aromatic rings. The summed E-state index contributed by atoms with van der Waals surface area (Å²) in [6, 6.07) is 0. The third-order valence-corrected chi connectivity index (χ3v) is 1.89. The molecule has 0 bridgehead atoms. The smallest absolute Gasteiger partial charge is 0.410 e. The van der Waals surface area contributed by atoms with Crippen LogP contribution in [0.15, 0.2) is 0 Å². The molecule has 106 valence electrons. The van der Waals surface area contributed by atoms with Crippen molar-refractivity contribution in [1.29, 1.82) is 0 Å². The van der Waals surface area contributed by atoms with Crippen molar-refractivity contribution in [2.75, 3.05) is 0 Å². The number of carboxylic acids is 1. The number of hydrogen-bond donors (Lipinski definition) is 1. The van der Waals surface area contributed by atoms with E-state index in [2.05, 4.69) is 0 Å². The van der Waals surface area contributed by atoms with E-state index in [1.165, 1.54) is 0 Å². The van der Waals surface area contributed by atoms with Gasteiger partial charge in [-0.25, -0.2) is 4.79 Å². The summed E-state index contributed by atoms with van der Waals surface area (Å²) >= 11 is 0. The van der Waals surface area contributed by atoms with E-state index in [9.17, 15) is 44.7 Å². The fourth-order valence-electron chi connectivity index (χ4n) is 0.750. The number of rotatable bonds is 5. The second kappa shape index (κ2) is 4.05. The lowest BCUT2D eigenvalue weighted by atomic mass is 9.96. The maximum atomic E-state index is 12.6. The Balaban J connectivity index is 5.89. The second-order valence-corrected chi connectivity index (χ2v) is 3.16. The second-order valence-electron chi connectivity index (χ2n) is 3.16. The Morgan fingerprint density at radius 1 is 0.778 bits per heavy atom. The summed E-state index contributed by atoms with van der Waals surface area (Å²) in [4.78, 5) is 19.8. The highest BCUT2D eigenvalue weighted by Gasteiger charge is 2.84. The molecule has 0 saturated carbocycles. The quantitative estimate of drug-likeness (QED) is 0.789. The molecule has 1 N–H and O–H groups in total. The van der Waals surface area contributed by atoms with Crippen molar-refractivity contribution in [2.45, 2.75) is 30.6 Å². The average molecular weight is 288 g/mol. The largest absolute Gasteiger partial charge is 0.477 e. The zero-order valence-corrected chi connectivity index (χ0v) is 8.29. The molecule has 0 aromatic carbocycles. The van der Waals surface area contributed by atoms with E-state index in [0.717, 1.165) is 0 Å². The fraction of sp³-hybridized carbons (Fsp3) is 0.714. The van der Waals surface area contributed by atoms with Gasteiger partial charge in [0, 0.05) is 6.92 Å². The Morgan fingerprint density at radius 3 is 1.28 bits per heavy atom. The number of aliphatic carboxylic acids is 1. The molecule has 0 aliphatic rings. The van der Waals surface area contributed by atoms with Gasteiger partial charge >= 0.3 is 29.7 Å². The molecule has 0 fully saturated rings.